The summed E-state index contributed by atoms with van der Waals surface area (Å²) in [5.74, 6) is 0.793. The first-order valence-corrected chi connectivity index (χ1v) is 11.5. The van der Waals surface area contributed by atoms with Crippen molar-refractivity contribution in [1.29, 1.82) is 0 Å². The van der Waals surface area contributed by atoms with Crippen molar-refractivity contribution in [2.75, 3.05) is 20.1 Å². The summed E-state index contributed by atoms with van der Waals surface area (Å²) in [6, 6.07) is 8.97. The number of carbonyl (C=O) groups is 1. The highest BCUT2D eigenvalue weighted by Gasteiger charge is 2.43. The Morgan fingerprint density at radius 1 is 0.882 bits per heavy atom. The number of nitrogens with zero attached hydrogens (tertiary/aromatic N) is 8. The Morgan fingerprint density at radius 2 is 1.65 bits per heavy atom. The molecular weight excluding hydrogens is 428 g/mol. The third kappa shape index (κ3) is 3.77. The van der Waals surface area contributed by atoms with Crippen molar-refractivity contribution >= 4 is 5.91 Å². The fourth-order valence-electron chi connectivity index (χ4n) is 5.03. The van der Waals surface area contributed by atoms with Gasteiger partial charge in [-0.1, -0.05) is 18.2 Å². The summed E-state index contributed by atoms with van der Waals surface area (Å²) < 4.78 is 3.49. The van der Waals surface area contributed by atoms with Crippen LogP contribution in [-0.4, -0.2) is 77.5 Å². The second kappa shape index (κ2) is 8.18. The van der Waals surface area contributed by atoms with E-state index >= 15 is 0 Å². The van der Waals surface area contributed by atoms with Gasteiger partial charge in [-0.05, 0) is 25.1 Å². The lowest BCUT2D eigenvalue weighted by Gasteiger charge is -2.31. The average Bonchev–Trinajstić information content (AvgIpc) is 3.64. The van der Waals surface area contributed by atoms with Crippen LogP contribution in [0.1, 0.15) is 6.42 Å². The summed E-state index contributed by atoms with van der Waals surface area (Å²) in [7, 11) is 4.04. The predicted octanol–water partition coefficient (Wildman–Crippen LogP) is 2.32. The molecule has 172 valence electrons. The molecule has 9 nitrogen and oxygen atoms in total. The van der Waals surface area contributed by atoms with Crippen LogP contribution in [0.2, 0.25) is 0 Å². The molecule has 0 saturated carbocycles. The number of aromatic nitrogens is 6. The Kier molecular flexibility index (Phi) is 4.99. The number of likely N-dealkylation sites (N-methyl/N-ethyl adjacent to an activating group) is 1. The lowest BCUT2D eigenvalue weighted by atomic mass is 10.1. The van der Waals surface area contributed by atoms with Crippen molar-refractivity contribution < 1.29 is 4.79 Å². The van der Waals surface area contributed by atoms with Crippen LogP contribution in [0.5, 0.6) is 0 Å². The Labute approximate surface area is 197 Å². The molecule has 2 fully saturated rings. The van der Waals surface area contributed by atoms with Gasteiger partial charge in [0.1, 0.15) is 6.54 Å². The van der Waals surface area contributed by atoms with E-state index in [1.54, 1.807) is 28.0 Å². The van der Waals surface area contributed by atoms with Gasteiger partial charge in [0.2, 0.25) is 5.91 Å². The van der Waals surface area contributed by atoms with Gasteiger partial charge in [-0.25, -0.2) is 9.97 Å². The summed E-state index contributed by atoms with van der Waals surface area (Å²) >= 11 is 0. The summed E-state index contributed by atoms with van der Waals surface area (Å²) in [4.78, 5) is 26.3. The van der Waals surface area contributed by atoms with E-state index in [-0.39, 0.29) is 12.5 Å². The maximum absolute atomic E-state index is 12.8. The van der Waals surface area contributed by atoms with Gasteiger partial charge >= 0.3 is 0 Å². The molecule has 0 spiro atoms. The number of hydrogen-bond donors (Lipinski definition) is 0. The van der Waals surface area contributed by atoms with Crippen molar-refractivity contribution in [2.24, 2.45) is 7.05 Å². The lowest BCUT2D eigenvalue weighted by Crippen LogP contribution is -2.48. The zero-order valence-corrected chi connectivity index (χ0v) is 19.2. The van der Waals surface area contributed by atoms with E-state index in [1.165, 1.54) is 0 Å². The number of aryl methyl sites for hydroxylation is 1. The molecule has 9 heteroatoms. The van der Waals surface area contributed by atoms with Crippen LogP contribution in [0.15, 0.2) is 61.4 Å². The lowest BCUT2D eigenvalue weighted by molar-refractivity contribution is -0.134. The first-order chi connectivity index (χ1) is 16.5. The topological polar surface area (TPSA) is 85.0 Å². The van der Waals surface area contributed by atoms with Gasteiger partial charge in [-0.2, -0.15) is 10.2 Å². The Hall–Kier alpha value is -3.85. The van der Waals surface area contributed by atoms with Crippen molar-refractivity contribution in [3.8, 4) is 33.6 Å². The van der Waals surface area contributed by atoms with E-state index in [0.29, 0.717) is 17.9 Å². The standard InChI is InChI=1S/C25H26N8O/c1-30-14-23-7-22(30)15-33(23)24(34)16-32-13-21(11-29-32)19-8-26-25(27-9-19)18-5-3-4-17(6-18)20-10-28-31(2)12-20/h3-6,8-13,22-23H,7,14-16H2,1-2H3/t22-,23+/m0/s1. The molecule has 2 saturated heterocycles. The molecule has 2 atom stereocenters. The van der Waals surface area contributed by atoms with E-state index in [9.17, 15) is 4.79 Å². The first-order valence-electron chi connectivity index (χ1n) is 11.5. The highest BCUT2D eigenvalue weighted by molar-refractivity contribution is 5.77. The van der Waals surface area contributed by atoms with Crippen LogP contribution in [-0.2, 0) is 18.4 Å². The van der Waals surface area contributed by atoms with Crippen molar-refractivity contribution in [3.63, 3.8) is 0 Å². The van der Waals surface area contributed by atoms with Crippen LogP contribution in [0.3, 0.4) is 0 Å². The average molecular weight is 455 g/mol. The Morgan fingerprint density at radius 3 is 2.35 bits per heavy atom. The smallest absolute Gasteiger partial charge is 0.244 e. The van der Waals surface area contributed by atoms with Gasteiger partial charge < -0.3 is 4.90 Å². The SMILES string of the molecule is CN1C[C@H]2C[C@H]1CN2C(=O)Cn1cc(-c2cnc(-c3cccc(-c4cnn(C)c4)c3)nc2)cn1. The quantitative estimate of drug-likeness (QED) is 0.460. The monoisotopic (exact) mass is 454 g/mol. The number of amides is 1. The first kappa shape index (κ1) is 20.7. The third-order valence-electron chi connectivity index (χ3n) is 6.91. The highest BCUT2D eigenvalue weighted by atomic mass is 16.2. The van der Waals surface area contributed by atoms with Crippen LogP contribution in [0.25, 0.3) is 33.6 Å². The summed E-state index contributed by atoms with van der Waals surface area (Å²) in [6.45, 7) is 2.05. The Bertz CT molecular complexity index is 1340. The molecule has 34 heavy (non-hydrogen) atoms. The van der Waals surface area contributed by atoms with Crippen molar-refractivity contribution in [2.45, 2.75) is 25.0 Å². The number of benzene rings is 1. The normalized spacial score (nSPS) is 19.8. The van der Waals surface area contributed by atoms with Gasteiger partial charge in [-0.3, -0.25) is 19.1 Å². The number of hydrogen-bond acceptors (Lipinski definition) is 6. The zero-order valence-electron chi connectivity index (χ0n) is 19.2. The van der Waals surface area contributed by atoms with E-state index in [2.05, 4.69) is 44.2 Å². The minimum absolute atomic E-state index is 0.135. The zero-order chi connectivity index (χ0) is 23.2. The van der Waals surface area contributed by atoms with Gasteiger partial charge in [0.25, 0.3) is 0 Å². The molecule has 6 rings (SSSR count). The largest absolute Gasteiger partial charge is 0.335 e. The second-order valence-corrected chi connectivity index (χ2v) is 9.23. The maximum Gasteiger partial charge on any atom is 0.244 e. The summed E-state index contributed by atoms with van der Waals surface area (Å²) in [5, 5.41) is 8.65. The molecule has 4 aromatic rings. The number of likely N-dealkylation sites (tertiary alicyclic amines) is 2. The molecular formula is C25H26N8O. The second-order valence-electron chi connectivity index (χ2n) is 9.23. The van der Waals surface area contributed by atoms with Crippen molar-refractivity contribution in [1.82, 2.24) is 39.3 Å². The fourth-order valence-corrected chi connectivity index (χ4v) is 5.03. The molecule has 0 aliphatic carbocycles. The number of carbonyl (C=O) groups excluding carboxylic acids is 1. The number of rotatable bonds is 5. The van der Waals surface area contributed by atoms with Gasteiger partial charge in [0.05, 0.1) is 12.4 Å². The number of fused-ring (bicyclic) bond motifs is 2. The van der Waals surface area contributed by atoms with Crippen molar-refractivity contribution in [3.05, 3.63) is 61.4 Å². The van der Waals surface area contributed by atoms with Crippen LogP contribution >= 0.6 is 0 Å². The molecule has 0 radical (unpaired) electrons. The summed E-state index contributed by atoms with van der Waals surface area (Å²) in [5.41, 5.74) is 4.83. The number of piperazine rings is 1. The highest BCUT2D eigenvalue weighted by Crippen LogP contribution is 2.30. The third-order valence-corrected chi connectivity index (χ3v) is 6.91. The molecule has 0 unspecified atom stereocenters. The van der Waals surface area contributed by atoms with Gasteiger partial charge in [0, 0.05) is 79.3 Å². The van der Waals surface area contributed by atoms with Crippen LogP contribution in [0, 0.1) is 0 Å². The van der Waals surface area contributed by atoms with Crippen LogP contribution < -0.4 is 0 Å². The van der Waals surface area contributed by atoms with Gasteiger partial charge in [0.15, 0.2) is 5.82 Å². The van der Waals surface area contributed by atoms with E-state index < -0.39 is 0 Å². The molecule has 2 aliphatic heterocycles. The summed E-state index contributed by atoms with van der Waals surface area (Å²) in [6.07, 6.45) is 12.2. The molecule has 5 heterocycles. The van der Waals surface area contributed by atoms with E-state index in [0.717, 1.165) is 47.3 Å². The van der Waals surface area contributed by atoms with Gasteiger partial charge in [-0.15, -0.1) is 0 Å². The molecule has 1 amide bonds. The fraction of sp³-hybridized carbons (Fsp3) is 0.320. The molecule has 3 aromatic heterocycles. The van der Waals surface area contributed by atoms with E-state index in [4.69, 9.17) is 0 Å². The maximum atomic E-state index is 12.8. The molecule has 1 aromatic carbocycles. The Balaban J connectivity index is 1.15. The van der Waals surface area contributed by atoms with Crippen LogP contribution in [0.4, 0.5) is 0 Å². The molecule has 0 N–H and O–H groups in total. The minimum Gasteiger partial charge on any atom is -0.335 e. The molecule has 2 bridgehead atoms. The molecule has 2 aliphatic rings. The van der Waals surface area contributed by atoms with E-state index in [1.807, 2.05) is 42.7 Å². The predicted molar refractivity (Wildman–Crippen MR) is 127 cm³/mol. The minimum atomic E-state index is 0.135.